The van der Waals surface area contributed by atoms with E-state index >= 15 is 0 Å². The lowest BCUT2D eigenvalue weighted by Crippen LogP contribution is -2.52. The monoisotopic (exact) mass is 324 g/mol. The molecule has 2 heterocycles. The highest BCUT2D eigenvalue weighted by Gasteiger charge is 2.35. The number of hydrogen-bond donors (Lipinski definition) is 0. The topological polar surface area (TPSA) is 25.4 Å². The van der Waals surface area contributed by atoms with Crippen molar-refractivity contribution in [1.82, 2.24) is 9.88 Å². The summed E-state index contributed by atoms with van der Waals surface area (Å²) in [5.74, 6) is 0.956. The molecule has 1 atom stereocenters. The minimum absolute atomic E-state index is 0.135. The molecule has 128 valence electrons. The van der Waals surface area contributed by atoms with Gasteiger partial charge in [-0.1, -0.05) is 30.3 Å². The van der Waals surface area contributed by atoms with Crippen LogP contribution in [0.1, 0.15) is 43.6 Å². The van der Waals surface area contributed by atoms with E-state index in [1.54, 1.807) is 0 Å². The molecule has 0 aliphatic carbocycles. The van der Waals surface area contributed by atoms with Crippen molar-refractivity contribution in [2.45, 2.75) is 58.7 Å². The maximum Gasteiger partial charge on any atom is 0.123 e. The standard InChI is InChI=1S/C21H28N2O/c1-16-12-20(13-17(2)22-16)24-19-10-11-23(21(3,4)14-19)15-18-8-6-5-7-9-18/h5-9,12-13,19H,10-11,14-15H2,1-4H3. The molecule has 3 nitrogen and oxygen atoms in total. The third-order valence-electron chi connectivity index (χ3n) is 4.88. The number of hydrogen-bond acceptors (Lipinski definition) is 3. The minimum atomic E-state index is 0.135. The van der Waals surface area contributed by atoms with Gasteiger partial charge < -0.3 is 4.74 Å². The van der Waals surface area contributed by atoms with Gasteiger partial charge in [0, 0.05) is 48.6 Å². The fourth-order valence-electron chi connectivity index (χ4n) is 3.64. The molecule has 3 rings (SSSR count). The van der Waals surface area contributed by atoms with Crippen molar-refractivity contribution in [3.63, 3.8) is 0 Å². The van der Waals surface area contributed by atoms with E-state index in [0.717, 1.165) is 43.1 Å². The van der Waals surface area contributed by atoms with Crippen molar-refractivity contribution in [2.75, 3.05) is 6.54 Å². The maximum atomic E-state index is 6.28. The first-order valence-electron chi connectivity index (χ1n) is 8.83. The van der Waals surface area contributed by atoms with Crippen LogP contribution in [0.3, 0.4) is 0 Å². The van der Waals surface area contributed by atoms with Crippen LogP contribution in [0, 0.1) is 13.8 Å². The highest BCUT2D eigenvalue weighted by molar-refractivity contribution is 5.26. The normalized spacial score (nSPS) is 20.8. The van der Waals surface area contributed by atoms with E-state index in [1.165, 1.54) is 5.56 Å². The summed E-state index contributed by atoms with van der Waals surface area (Å²) in [5, 5.41) is 0. The molecule has 0 radical (unpaired) electrons. The summed E-state index contributed by atoms with van der Waals surface area (Å²) in [5.41, 5.74) is 3.55. The lowest BCUT2D eigenvalue weighted by molar-refractivity contribution is 0.00341. The molecular formula is C21H28N2O. The SMILES string of the molecule is Cc1cc(OC2CCN(Cc3ccccc3)C(C)(C)C2)cc(C)n1. The van der Waals surface area contributed by atoms with Crippen LogP contribution >= 0.6 is 0 Å². The number of nitrogens with zero attached hydrogens (tertiary/aromatic N) is 2. The number of piperidine rings is 1. The van der Waals surface area contributed by atoms with E-state index in [0.29, 0.717) is 0 Å². The Morgan fingerprint density at radius 3 is 2.42 bits per heavy atom. The molecule has 0 saturated carbocycles. The minimum Gasteiger partial charge on any atom is -0.490 e. The van der Waals surface area contributed by atoms with E-state index in [-0.39, 0.29) is 11.6 Å². The molecule has 1 aromatic carbocycles. The quantitative estimate of drug-likeness (QED) is 0.827. The summed E-state index contributed by atoms with van der Waals surface area (Å²) in [6, 6.07) is 14.8. The average Bonchev–Trinajstić information content (AvgIpc) is 2.49. The van der Waals surface area contributed by atoms with Crippen molar-refractivity contribution >= 4 is 0 Å². The smallest absolute Gasteiger partial charge is 0.123 e. The second kappa shape index (κ2) is 6.94. The number of aromatic nitrogens is 1. The van der Waals surface area contributed by atoms with Crippen LogP contribution in [0.4, 0.5) is 0 Å². The Morgan fingerprint density at radius 2 is 1.79 bits per heavy atom. The van der Waals surface area contributed by atoms with Crippen LogP contribution in [0.2, 0.25) is 0 Å². The second-order valence-electron chi connectivity index (χ2n) is 7.54. The molecule has 1 aromatic heterocycles. The van der Waals surface area contributed by atoms with Crippen molar-refractivity contribution in [3.05, 3.63) is 59.4 Å². The largest absolute Gasteiger partial charge is 0.490 e. The summed E-state index contributed by atoms with van der Waals surface area (Å²) in [4.78, 5) is 7.00. The molecule has 0 bridgehead atoms. The Hall–Kier alpha value is -1.87. The second-order valence-corrected chi connectivity index (χ2v) is 7.54. The summed E-state index contributed by atoms with van der Waals surface area (Å²) >= 11 is 0. The lowest BCUT2D eigenvalue weighted by atomic mass is 9.88. The fraction of sp³-hybridized carbons (Fsp3) is 0.476. The molecule has 0 spiro atoms. The summed E-state index contributed by atoms with van der Waals surface area (Å²) in [6.45, 7) is 10.8. The molecule has 0 amide bonds. The van der Waals surface area contributed by atoms with Gasteiger partial charge in [-0.25, -0.2) is 0 Å². The number of ether oxygens (including phenoxy) is 1. The van der Waals surface area contributed by atoms with Gasteiger partial charge in [0.15, 0.2) is 0 Å². The number of benzene rings is 1. The molecule has 1 fully saturated rings. The predicted octanol–water partition coefficient (Wildman–Crippen LogP) is 4.52. The van der Waals surface area contributed by atoms with Crippen LogP contribution in [0.15, 0.2) is 42.5 Å². The number of rotatable bonds is 4. The van der Waals surface area contributed by atoms with Gasteiger partial charge in [0.05, 0.1) is 0 Å². The van der Waals surface area contributed by atoms with Gasteiger partial charge in [-0.05, 0) is 39.7 Å². The Morgan fingerprint density at radius 1 is 1.12 bits per heavy atom. The summed E-state index contributed by atoms with van der Waals surface area (Å²) < 4.78 is 6.28. The first kappa shape index (κ1) is 17.0. The number of likely N-dealkylation sites (tertiary alicyclic amines) is 1. The van der Waals surface area contributed by atoms with Crippen molar-refractivity contribution < 1.29 is 4.74 Å². The summed E-state index contributed by atoms with van der Waals surface area (Å²) in [6.07, 6.45) is 2.38. The molecule has 24 heavy (non-hydrogen) atoms. The molecule has 1 unspecified atom stereocenters. The third kappa shape index (κ3) is 4.15. The highest BCUT2D eigenvalue weighted by atomic mass is 16.5. The zero-order valence-corrected chi connectivity index (χ0v) is 15.2. The zero-order chi connectivity index (χ0) is 17.2. The Balaban J connectivity index is 1.64. The van der Waals surface area contributed by atoms with Crippen LogP contribution in [0.5, 0.6) is 5.75 Å². The van der Waals surface area contributed by atoms with Gasteiger partial charge in [-0.2, -0.15) is 0 Å². The highest BCUT2D eigenvalue weighted by Crippen LogP contribution is 2.31. The van der Waals surface area contributed by atoms with Crippen molar-refractivity contribution in [1.29, 1.82) is 0 Å². The molecule has 0 N–H and O–H groups in total. The Kier molecular flexibility index (Phi) is 4.91. The van der Waals surface area contributed by atoms with E-state index in [2.05, 4.69) is 54.1 Å². The van der Waals surface area contributed by atoms with Gasteiger partial charge in [0.25, 0.3) is 0 Å². The molecule has 3 heteroatoms. The fourth-order valence-corrected chi connectivity index (χ4v) is 3.64. The van der Waals surface area contributed by atoms with Gasteiger partial charge >= 0.3 is 0 Å². The third-order valence-corrected chi connectivity index (χ3v) is 4.88. The van der Waals surface area contributed by atoms with Crippen molar-refractivity contribution in [3.8, 4) is 5.75 Å². The molecule has 1 saturated heterocycles. The van der Waals surface area contributed by atoms with Crippen molar-refractivity contribution in [2.24, 2.45) is 0 Å². The van der Waals surface area contributed by atoms with E-state index < -0.39 is 0 Å². The zero-order valence-electron chi connectivity index (χ0n) is 15.2. The maximum absolute atomic E-state index is 6.28. The Labute approximate surface area is 145 Å². The van der Waals surface area contributed by atoms with Crippen LogP contribution in [-0.2, 0) is 6.54 Å². The van der Waals surface area contributed by atoms with Crippen LogP contribution in [-0.4, -0.2) is 28.1 Å². The number of aryl methyl sites for hydroxylation is 2. The lowest BCUT2D eigenvalue weighted by Gasteiger charge is -2.45. The molecule has 1 aliphatic heterocycles. The molecule has 2 aromatic rings. The Bertz CT molecular complexity index is 661. The van der Waals surface area contributed by atoms with E-state index in [4.69, 9.17) is 4.74 Å². The van der Waals surface area contributed by atoms with Gasteiger partial charge in [0.2, 0.25) is 0 Å². The van der Waals surface area contributed by atoms with Gasteiger partial charge in [0.1, 0.15) is 11.9 Å². The van der Waals surface area contributed by atoms with Gasteiger partial charge in [-0.3, -0.25) is 9.88 Å². The van der Waals surface area contributed by atoms with Crippen LogP contribution in [0.25, 0.3) is 0 Å². The molecular weight excluding hydrogens is 296 g/mol. The number of pyridine rings is 1. The van der Waals surface area contributed by atoms with E-state index in [1.807, 2.05) is 26.0 Å². The average molecular weight is 324 g/mol. The first-order valence-corrected chi connectivity index (χ1v) is 8.83. The first-order chi connectivity index (χ1) is 11.4. The van der Waals surface area contributed by atoms with Crippen LogP contribution < -0.4 is 4.74 Å². The molecule has 1 aliphatic rings. The predicted molar refractivity (Wildman–Crippen MR) is 98.3 cm³/mol. The van der Waals surface area contributed by atoms with E-state index in [9.17, 15) is 0 Å². The summed E-state index contributed by atoms with van der Waals surface area (Å²) in [7, 11) is 0. The van der Waals surface area contributed by atoms with Gasteiger partial charge in [-0.15, -0.1) is 0 Å².